The first-order valence-electron chi connectivity index (χ1n) is 8.29. The average molecular weight is 358 g/mol. The van der Waals surface area contributed by atoms with E-state index in [0.29, 0.717) is 36.6 Å². The summed E-state index contributed by atoms with van der Waals surface area (Å²) in [6.07, 6.45) is 0.836. The van der Waals surface area contributed by atoms with E-state index in [9.17, 15) is 13.2 Å². The maximum absolute atomic E-state index is 12.8. The van der Waals surface area contributed by atoms with Gasteiger partial charge in [0.15, 0.2) is 0 Å². The number of nitrogens with zero attached hydrogens (tertiary/aromatic N) is 2. The third kappa shape index (κ3) is 3.60. The maximum Gasteiger partial charge on any atom is 0.243 e. The van der Waals surface area contributed by atoms with E-state index in [0.717, 1.165) is 23.1 Å². The number of anilines is 1. The van der Waals surface area contributed by atoms with E-state index in [4.69, 9.17) is 0 Å². The Balaban J connectivity index is 1.73. The molecule has 0 aromatic heterocycles. The second-order valence-corrected chi connectivity index (χ2v) is 8.31. The van der Waals surface area contributed by atoms with E-state index in [1.807, 2.05) is 38.1 Å². The highest BCUT2D eigenvalue weighted by Gasteiger charge is 2.28. The zero-order valence-corrected chi connectivity index (χ0v) is 15.3. The minimum Gasteiger partial charge on any atom is -0.369 e. The summed E-state index contributed by atoms with van der Waals surface area (Å²) in [5.74, 6) is 0. The smallest absolute Gasteiger partial charge is 0.243 e. The van der Waals surface area contributed by atoms with Gasteiger partial charge in [0.1, 0.15) is 6.29 Å². The standard InChI is InChI=1S/C19H22N2O3S/c1-15-3-6-18(7-4-15)25(23,24)21-11-9-20(10-12-21)19-8-5-17(14-22)13-16(19)2/h3-8,13-14H,9-12H2,1-2H3. The zero-order valence-electron chi connectivity index (χ0n) is 14.5. The average Bonchev–Trinajstić information content (AvgIpc) is 2.62. The molecule has 1 aliphatic rings. The summed E-state index contributed by atoms with van der Waals surface area (Å²) in [6.45, 7) is 6.07. The molecular formula is C19H22N2O3S. The van der Waals surface area contributed by atoms with Crippen molar-refractivity contribution in [3.8, 4) is 0 Å². The number of benzene rings is 2. The fraction of sp³-hybridized carbons (Fsp3) is 0.316. The van der Waals surface area contributed by atoms with Crippen molar-refractivity contribution < 1.29 is 13.2 Å². The van der Waals surface area contributed by atoms with Gasteiger partial charge in [0.05, 0.1) is 4.90 Å². The van der Waals surface area contributed by atoms with E-state index >= 15 is 0 Å². The predicted octanol–water partition coefficient (Wildman–Crippen LogP) is 2.63. The highest BCUT2D eigenvalue weighted by Crippen LogP contribution is 2.24. The van der Waals surface area contributed by atoms with E-state index in [1.54, 1.807) is 22.5 Å². The van der Waals surface area contributed by atoms with E-state index in [1.165, 1.54) is 0 Å². The van der Waals surface area contributed by atoms with Crippen LogP contribution < -0.4 is 4.90 Å². The van der Waals surface area contributed by atoms with Gasteiger partial charge in [-0.2, -0.15) is 4.31 Å². The molecule has 3 rings (SSSR count). The van der Waals surface area contributed by atoms with Crippen LogP contribution >= 0.6 is 0 Å². The van der Waals surface area contributed by atoms with Crippen molar-refractivity contribution in [1.29, 1.82) is 0 Å². The molecular weight excluding hydrogens is 336 g/mol. The number of aryl methyl sites for hydroxylation is 2. The van der Waals surface area contributed by atoms with Crippen molar-refractivity contribution in [3.63, 3.8) is 0 Å². The lowest BCUT2D eigenvalue weighted by atomic mass is 10.1. The number of hydrogen-bond donors (Lipinski definition) is 0. The van der Waals surface area contributed by atoms with Gasteiger partial charge in [-0.1, -0.05) is 17.7 Å². The molecule has 1 fully saturated rings. The van der Waals surface area contributed by atoms with Crippen LogP contribution in [0.4, 0.5) is 5.69 Å². The van der Waals surface area contributed by atoms with Crippen LogP contribution in [0.15, 0.2) is 47.4 Å². The summed E-state index contributed by atoms with van der Waals surface area (Å²) in [5, 5.41) is 0. The highest BCUT2D eigenvalue weighted by molar-refractivity contribution is 7.89. The summed E-state index contributed by atoms with van der Waals surface area (Å²) in [7, 11) is -3.44. The highest BCUT2D eigenvalue weighted by atomic mass is 32.2. The Morgan fingerprint density at radius 3 is 2.12 bits per heavy atom. The van der Waals surface area contributed by atoms with Gasteiger partial charge in [-0.05, 0) is 49.7 Å². The maximum atomic E-state index is 12.8. The first kappa shape index (κ1) is 17.6. The molecule has 0 amide bonds. The topological polar surface area (TPSA) is 57.7 Å². The number of aldehydes is 1. The summed E-state index contributed by atoms with van der Waals surface area (Å²) in [6, 6.07) is 12.6. The SMILES string of the molecule is Cc1ccc(S(=O)(=O)N2CCN(c3ccc(C=O)cc3C)CC2)cc1. The van der Waals surface area contributed by atoms with Gasteiger partial charge in [-0.15, -0.1) is 0 Å². The lowest BCUT2D eigenvalue weighted by molar-refractivity contribution is 0.112. The molecule has 0 N–H and O–H groups in total. The summed E-state index contributed by atoms with van der Waals surface area (Å²) < 4.78 is 27.1. The minimum absolute atomic E-state index is 0.345. The van der Waals surface area contributed by atoms with Gasteiger partial charge in [-0.25, -0.2) is 8.42 Å². The summed E-state index contributed by atoms with van der Waals surface area (Å²) >= 11 is 0. The van der Waals surface area contributed by atoms with Gasteiger partial charge < -0.3 is 4.90 Å². The first-order valence-corrected chi connectivity index (χ1v) is 9.73. The number of carbonyl (C=O) groups is 1. The van der Waals surface area contributed by atoms with Crippen LogP contribution in [0.25, 0.3) is 0 Å². The quantitative estimate of drug-likeness (QED) is 0.789. The molecule has 5 nitrogen and oxygen atoms in total. The Bertz CT molecular complexity index is 868. The Kier molecular flexibility index (Phi) is 4.92. The third-order valence-electron chi connectivity index (χ3n) is 4.60. The van der Waals surface area contributed by atoms with Gasteiger partial charge >= 0.3 is 0 Å². The molecule has 0 atom stereocenters. The lowest BCUT2D eigenvalue weighted by Gasteiger charge is -2.36. The lowest BCUT2D eigenvalue weighted by Crippen LogP contribution is -2.48. The molecule has 0 radical (unpaired) electrons. The number of piperazine rings is 1. The third-order valence-corrected chi connectivity index (χ3v) is 6.51. The van der Waals surface area contributed by atoms with Crippen LogP contribution in [0.1, 0.15) is 21.5 Å². The van der Waals surface area contributed by atoms with E-state index in [2.05, 4.69) is 4.90 Å². The molecule has 132 valence electrons. The van der Waals surface area contributed by atoms with Crippen molar-refractivity contribution in [1.82, 2.24) is 4.31 Å². The molecule has 6 heteroatoms. The van der Waals surface area contributed by atoms with E-state index < -0.39 is 10.0 Å². The first-order chi connectivity index (χ1) is 11.9. The molecule has 2 aromatic carbocycles. The largest absolute Gasteiger partial charge is 0.369 e. The molecule has 25 heavy (non-hydrogen) atoms. The van der Waals surface area contributed by atoms with Crippen molar-refractivity contribution in [2.45, 2.75) is 18.7 Å². The summed E-state index contributed by atoms with van der Waals surface area (Å²) in [5.41, 5.74) is 3.78. The van der Waals surface area contributed by atoms with Crippen LogP contribution in [0.3, 0.4) is 0 Å². The van der Waals surface area contributed by atoms with Gasteiger partial charge in [0.2, 0.25) is 10.0 Å². The van der Waals surface area contributed by atoms with Crippen molar-refractivity contribution >= 4 is 22.0 Å². The van der Waals surface area contributed by atoms with Gasteiger partial charge in [0.25, 0.3) is 0 Å². The Morgan fingerprint density at radius 2 is 1.56 bits per heavy atom. The molecule has 0 saturated carbocycles. The number of hydrogen-bond acceptors (Lipinski definition) is 4. The molecule has 0 bridgehead atoms. The fourth-order valence-corrected chi connectivity index (χ4v) is 4.56. The van der Waals surface area contributed by atoms with Crippen LogP contribution in [-0.2, 0) is 10.0 Å². The fourth-order valence-electron chi connectivity index (χ4n) is 3.14. The van der Waals surface area contributed by atoms with Crippen LogP contribution in [0.5, 0.6) is 0 Å². The van der Waals surface area contributed by atoms with Crippen LogP contribution in [0, 0.1) is 13.8 Å². The van der Waals surface area contributed by atoms with Crippen LogP contribution in [-0.4, -0.2) is 45.2 Å². The van der Waals surface area contributed by atoms with E-state index in [-0.39, 0.29) is 0 Å². The van der Waals surface area contributed by atoms with Crippen molar-refractivity contribution in [3.05, 3.63) is 59.2 Å². The van der Waals surface area contributed by atoms with Crippen molar-refractivity contribution in [2.75, 3.05) is 31.1 Å². The monoisotopic (exact) mass is 358 g/mol. The second kappa shape index (κ2) is 6.98. The molecule has 0 aliphatic carbocycles. The molecule has 2 aromatic rings. The minimum atomic E-state index is -3.44. The van der Waals surface area contributed by atoms with Gasteiger partial charge in [0, 0.05) is 37.4 Å². The van der Waals surface area contributed by atoms with Crippen molar-refractivity contribution in [2.24, 2.45) is 0 Å². The number of rotatable bonds is 4. The Labute approximate surface area is 148 Å². The zero-order chi connectivity index (χ0) is 18.0. The number of carbonyl (C=O) groups excluding carboxylic acids is 1. The predicted molar refractivity (Wildman–Crippen MR) is 98.7 cm³/mol. The molecule has 0 spiro atoms. The molecule has 0 unspecified atom stereocenters. The normalized spacial score (nSPS) is 16.0. The molecule has 1 saturated heterocycles. The van der Waals surface area contributed by atoms with Crippen LogP contribution in [0.2, 0.25) is 0 Å². The Morgan fingerprint density at radius 1 is 0.920 bits per heavy atom. The Hall–Kier alpha value is -2.18. The molecule has 1 heterocycles. The number of sulfonamides is 1. The van der Waals surface area contributed by atoms with Gasteiger partial charge in [-0.3, -0.25) is 4.79 Å². The molecule has 1 aliphatic heterocycles. The second-order valence-electron chi connectivity index (χ2n) is 6.37. The summed E-state index contributed by atoms with van der Waals surface area (Å²) in [4.78, 5) is 13.4.